The van der Waals surface area contributed by atoms with E-state index in [1.807, 2.05) is 34.6 Å². The summed E-state index contributed by atoms with van der Waals surface area (Å²) in [6.45, 7) is 10.3. The fraction of sp³-hybridized carbons (Fsp3) is 0.867. The van der Waals surface area contributed by atoms with E-state index in [-0.39, 0.29) is 12.0 Å². The summed E-state index contributed by atoms with van der Waals surface area (Å²) < 4.78 is 5.37. The number of carboxylic acid groups (broad SMARTS) is 1. The highest BCUT2D eigenvalue weighted by Crippen LogP contribution is 2.42. The van der Waals surface area contributed by atoms with E-state index in [4.69, 9.17) is 4.74 Å². The minimum absolute atomic E-state index is 0.0220. The summed E-state index contributed by atoms with van der Waals surface area (Å²) in [7, 11) is 0. The summed E-state index contributed by atoms with van der Waals surface area (Å²) in [6, 6.07) is 0. The highest BCUT2D eigenvalue weighted by molar-refractivity contribution is 5.76. The van der Waals surface area contributed by atoms with Gasteiger partial charge in [-0.25, -0.2) is 4.79 Å². The molecule has 5 nitrogen and oxygen atoms in total. The molecule has 0 bridgehead atoms. The Hall–Kier alpha value is -1.26. The Morgan fingerprint density at radius 1 is 1.35 bits per heavy atom. The number of aliphatic carboxylic acids is 1. The summed E-state index contributed by atoms with van der Waals surface area (Å²) in [5.74, 6) is -0.762. The van der Waals surface area contributed by atoms with Crippen molar-refractivity contribution in [2.24, 2.45) is 11.3 Å². The third kappa shape index (κ3) is 3.44. The third-order valence-electron chi connectivity index (χ3n) is 4.25. The molecule has 0 aromatic rings. The average molecular weight is 285 g/mol. The van der Waals surface area contributed by atoms with Crippen molar-refractivity contribution in [2.45, 2.75) is 59.5 Å². The van der Waals surface area contributed by atoms with Crippen LogP contribution in [0.1, 0.15) is 53.9 Å². The number of carbonyl (C=O) groups is 2. The van der Waals surface area contributed by atoms with Crippen LogP contribution >= 0.6 is 0 Å². The maximum atomic E-state index is 12.1. The SMILES string of the molecule is CCC1CN(C(=O)OC(C)(C)C)CCC1(CC)C(=O)O. The molecular weight excluding hydrogens is 258 g/mol. The molecule has 20 heavy (non-hydrogen) atoms. The van der Waals surface area contributed by atoms with Gasteiger partial charge in [0.2, 0.25) is 0 Å². The predicted molar refractivity (Wildman–Crippen MR) is 76.6 cm³/mol. The van der Waals surface area contributed by atoms with E-state index in [1.165, 1.54) is 0 Å². The molecule has 0 spiro atoms. The lowest BCUT2D eigenvalue weighted by molar-refractivity contribution is -0.157. The normalized spacial score (nSPS) is 27.2. The number of hydrogen-bond acceptors (Lipinski definition) is 3. The van der Waals surface area contributed by atoms with Gasteiger partial charge in [0.1, 0.15) is 5.60 Å². The zero-order valence-electron chi connectivity index (χ0n) is 13.2. The Morgan fingerprint density at radius 2 is 1.95 bits per heavy atom. The standard InChI is InChI=1S/C15H27NO4/c1-6-11-10-16(13(19)20-14(3,4)5)9-8-15(11,7-2)12(17)18/h11H,6-10H2,1-5H3,(H,17,18). The lowest BCUT2D eigenvalue weighted by atomic mass is 9.67. The topological polar surface area (TPSA) is 66.8 Å². The van der Waals surface area contributed by atoms with E-state index in [0.29, 0.717) is 25.9 Å². The minimum Gasteiger partial charge on any atom is -0.481 e. The van der Waals surface area contributed by atoms with Crippen molar-refractivity contribution in [3.8, 4) is 0 Å². The maximum Gasteiger partial charge on any atom is 0.410 e. The number of hydrogen-bond donors (Lipinski definition) is 1. The highest BCUT2D eigenvalue weighted by atomic mass is 16.6. The zero-order valence-corrected chi connectivity index (χ0v) is 13.2. The van der Waals surface area contributed by atoms with Crippen LogP contribution in [0.4, 0.5) is 4.79 Å². The van der Waals surface area contributed by atoms with Crippen molar-refractivity contribution in [1.29, 1.82) is 0 Å². The molecule has 1 fully saturated rings. The van der Waals surface area contributed by atoms with Gasteiger partial charge in [-0.15, -0.1) is 0 Å². The van der Waals surface area contributed by atoms with Crippen LogP contribution in [0.15, 0.2) is 0 Å². The van der Waals surface area contributed by atoms with E-state index in [9.17, 15) is 14.7 Å². The Morgan fingerprint density at radius 3 is 2.35 bits per heavy atom. The smallest absolute Gasteiger partial charge is 0.410 e. The van der Waals surface area contributed by atoms with E-state index in [2.05, 4.69) is 0 Å². The molecule has 1 heterocycles. The zero-order chi connectivity index (χ0) is 15.6. The van der Waals surface area contributed by atoms with Crippen molar-refractivity contribution >= 4 is 12.1 Å². The van der Waals surface area contributed by atoms with Crippen LogP contribution in [0.25, 0.3) is 0 Å². The second-order valence-electron chi connectivity index (χ2n) is 6.60. The van der Waals surface area contributed by atoms with Crippen molar-refractivity contribution in [1.82, 2.24) is 4.90 Å². The van der Waals surface area contributed by atoms with E-state index < -0.39 is 17.0 Å². The Bertz CT molecular complexity index is 375. The van der Waals surface area contributed by atoms with Gasteiger partial charge in [0.15, 0.2) is 0 Å². The second kappa shape index (κ2) is 6.02. The summed E-state index contributed by atoms with van der Waals surface area (Å²) >= 11 is 0. The first kappa shape index (κ1) is 16.8. The summed E-state index contributed by atoms with van der Waals surface area (Å²) in [5.41, 5.74) is -1.22. The highest BCUT2D eigenvalue weighted by Gasteiger charge is 2.48. The monoisotopic (exact) mass is 285 g/mol. The van der Waals surface area contributed by atoms with Gasteiger partial charge in [-0.1, -0.05) is 20.3 Å². The molecule has 2 unspecified atom stereocenters. The number of ether oxygens (including phenoxy) is 1. The molecule has 1 amide bonds. The third-order valence-corrected chi connectivity index (χ3v) is 4.25. The number of nitrogens with zero attached hydrogens (tertiary/aromatic N) is 1. The van der Waals surface area contributed by atoms with Crippen molar-refractivity contribution in [2.75, 3.05) is 13.1 Å². The van der Waals surface area contributed by atoms with Crippen LogP contribution < -0.4 is 0 Å². The van der Waals surface area contributed by atoms with Crippen LogP contribution in [0.5, 0.6) is 0 Å². The molecule has 1 saturated heterocycles. The Kier molecular flexibility index (Phi) is 5.05. The van der Waals surface area contributed by atoms with E-state index in [0.717, 1.165) is 6.42 Å². The van der Waals surface area contributed by atoms with Crippen LogP contribution in [-0.4, -0.2) is 40.8 Å². The second-order valence-corrected chi connectivity index (χ2v) is 6.60. The van der Waals surface area contributed by atoms with Gasteiger partial charge in [-0.3, -0.25) is 4.79 Å². The number of likely N-dealkylation sites (tertiary alicyclic amines) is 1. The molecule has 1 N–H and O–H groups in total. The van der Waals surface area contributed by atoms with Gasteiger partial charge < -0.3 is 14.7 Å². The number of rotatable bonds is 3. The van der Waals surface area contributed by atoms with Gasteiger partial charge in [0, 0.05) is 13.1 Å². The molecule has 0 aromatic heterocycles. The molecule has 2 atom stereocenters. The number of carboxylic acids is 1. The fourth-order valence-corrected chi connectivity index (χ4v) is 2.98. The molecule has 1 aliphatic rings. The Balaban J connectivity index is 2.82. The van der Waals surface area contributed by atoms with Gasteiger partial charge in [-0.2, -0.15) is 0 Å². The predicted octanol–water partition coefficient (Wildman–Crippen LogP) is 3.13. The first-order chi connectivity index (χ1) is 9.16. The van der Waals surface area contributed by atoms with Gasteiger partial charge in [0.25, 0.3) is 0 Å². The Labute approximate surface area is 121 Å². The van der Waals surface area contributed by atoms with Gasteiger partial charge >= 0.3 is 12.1 Å². The molecule has 0 aliphatic carbocycles. The molecule has 1 rings (SSSR count). The fourth-order valence-electron chi connectivity index (χ4n) is 2.98. The largest absolute Gasteiger partial charge is 0.481 e. The quantitative estimate of drug-likeness (QED) is 0.865. The number of piperidine rings is 1. The van der Waals surface area contributed by atoms with Crippen LogP contribution in [0.2, 0.25) is 0 Å². The molecule has 0 radical (unpaired) electrons. The van der Waals surface area contributed by atoms with Gasteiger partial charge in [0.05, 0.1) is 5.41 Å². The van der Waals surface area contributed by atoms with Crippen molar-refractivity contribution in [3.63, 3.8) is 0 Å². The summed E-state index contributed by atoms with van der Waals surface area (Å²) in [4.78, 5) is 25.4. The van der Waals surface area contributed by atoms with Crippen LogP contribution in [0.3, 0.4) is 0 Å². The molecule has 1 aliphatic heterocycles. The average Bonchev–Trinajstić information content (AvgIpc) is 2.35. The first-order valence-corrected chi connectivity index (χ1v) is 7.37. The number of amides is 1. The molecule has 0 aromatic carbocycles. The molecule has 5 heteroatoms. The lowest BCUT2D eigenvalue weighted by Gasteiger charge is -2.44. The van der Waals surface area contributed by atoms with Gasteiger partial charge in [-0.05, 0) is 39.5 Å². The van der Waals surface area contributed by atoms with E-state index >= 15 is 0 Å². The maximum absolute atomic E-state index is 12.1. The minimum atomic E-state index is -0.740. The van der Waals surface area contributed by atoms with Crippen molar-refractivity contribution < 1.29 is 19.4 Å². The summed E-state index contributed by atoms with van der Waals surface area (Å²) in [6.07, 6.45) is 1.50. The van der Waals surface area contributed by atoms with E-state index in [1.54, 1.807) is 4.90 Å². The first-order valence-electron chi connectivity index (χ1n) is 7.37. The number of carbonyl (C=O) groups excluding carboxylic acids is 1. The molecule has 116 valence electrons. The van der Waals surface area contributed by atoms with Crippen LogP contribution in [0, 0.1) is 11.3 Å². The molecule has 0 saturated carbocycles. The summed E-state index contributed by atoms with van der Waals surface area (Å²) in [5, 5.41) is 9.57. The van der Waals surface area contributed by atoms with Crippen LogP contribution in [-0.2, 0) is 9.53 Å². The van der Waals surface area contributed by atoms with Crippen molar-refractivity contribution in [3.05, 3.63) is 0 Å². The lowest BCUT2D eigenvalue weighted by Crippen LogP contribution is -2.53. The molecular formula is C15H27NO4.